The lowest BCUT2D eigenvalue weighted by Crippen LogP contribution is -2.28. The van der Waals surface area contributed by atoms with Crippen LogP contribution < -0.4 is 5.48 Å². The molecule has 1 aromatic heterocycles. The molecule has 0 saturated carbocycles. The van der Waals surface area contributed by atoms with Gasteiger partial charge in [-0.25, -0.2) is 0 Å². The zero-order valence-corrected chi connectivity index (χ0v) is 10.6. The van der Waals surface area contributed by atoms with Crippen LogP contribution in [0.3, 0.4) is 0 Å². The molecule has 0 aliphatic rings. The van der Waals surface area contributed by atoms with Gasteiger partial charge in [0.1, 0.15) is 11.8 Å². The Morgan fingerprint density at radius 3 is 2.56 bits per heavy atom. The van der Waals surface area contributed by atoms with Crippen molar-refractivity contribution >= 4 is 0 Å². The number of hydrogen-bond donors (Lipinski definition) is 1. The molecule has 88 valence electrons. The Morgan fingerprint density at radius 2 is 2.12 bits per heavy atom. The molecular formula is C12H19N3O. The molecular weight excluding hydrogens is 202 g/mol. The van der Waals surface area contributed by atoms with Gasteiger partial charge < -0.3 is 4.57 Å². The van der Waals surface area contributed by atoms with E-state index in [1.807, 2.05) is 45.4 Å². The first kappa shape index (κ1) is 12.8. The van der Waals surface area contributed by atoms with E-state index < -0.39 is 0 Å². The molecule has 0 unspecified atom stereocenters. The normalized spacial score (nSPS) is 11.5. The van der Waals surface area contributed by atoms with Crippen LogP contribution in [-0.2, 0) is 18.4 Å². The summed E-state index contributed by atoms with van der Waals surface area (Å²) < 4.78 is 1.88. The molecule has 0 radical (unpaired) electrons. The van der Waals surface area contributed by atoms with Crippen LogP contribution in [0.15, 0.2) is 6.07 Å². The van der Waals surface area contributed by atoms with Gasteiger partial charge in [0.2, 0.25) is 0 Å². The molecule has 0 atom stereocenters. The molecule has 1 heterocycles. The summed E-state index contributed by atoms with van der Waals surface area (Å²) >= 11 is 0. The van der Waals surface area contributed by atoms with Crippen molar-refractivity contribution in [2.24, 2.45) is 7.05 Å². The van der Waals surface area contributed by atoms with E-state index in [4.69, 9.17) is 10.1 Å². The molecule has 16 heavy (non-hydrogen) atoms. The molecule has 0 spiro atoms. The predicted octanol–water partition coefficient (Wildman–Crippen LogP) is 2.02. The Balaban J connectivity index is 2.66. The van der Waals surface area contributed by atoms with Crippen molar-refractivity contribution in [2.45, 2.75) is 39.8 Å². The highest BCUT2D eigenvalue weighted by Gasteiger charge is 2.12. The zero-order chi connectivity index (χ0) is 12.3. The van der Waals surface area contributed by atoms with Crippen LogP contribution in [0.4, 0.5) is 0 Å². The molecule has 4 heteroatoms. The summed E-state index contributed by atoms with van der Waals surface area (Å²) in [5.41, 5.74) is 5.56. The van der Waals surface area contributed by atoms with E-state index in [0.29, 0.717) is 12.2 Å². The van der Waals surface area contributed by atoms with Crippen molar-refractivity contribution in [3.8, 4) is 6.07 Å². The van der Waals surface area contributed by atoms with Gasteiger partial charge in [0, 0.05) is 19.3 Å². The predicted molar refractivity (Wildman–Crippen MR) is 62.5 cm³/mol. The largest absolute Gasteiger partial charge is 0.340 e. The van der Waals surface area contributed by atoms with Gasteiger partial charge in [0.25, 0.3) is 0 Å². The first-order valence-electron chi connectivity index (χ1n) is 5.31. The first-order chi connectivity index (χ1) is 7.35. The molecule has 0 aliphatic heterocycles. The Bertz CT molecular complexity index is 407. The standard InChI is InChI=1S/C12H19N3O/c1-9-10(6-11(7-13)15(9)5)8-14-16-12(2,3)4/h6,14H,8H2,1-5H3. The number of nitrogens with zero attached hydrogens (tertiary/aromatic N) is 2. The summed E-state index contributed by atoms with van der Waals surface area (Å²) in [5.74, 6) is 0. The summed E-state index contributed by atoms with van der Waals surface area (Å²) in [4.78, 5) is 5.43. The van der Waals surface area contributed by atoms with Gasteiger partial charge in [0.05, 0.1) is 5.60 Å². The lowest BCUT2D eigenvalue weighted by atomic mass is 10.2. The summed E-state index contributed by atoms with van der Waals surface area (Å²) in [6, 6.07) is 4.04. The van der Waals surface area contributed by atoms with E-state index in [1.165, 1.54) is 0 Å². The van der Waals surface area contributed by atoms with Gasteiger partial charge in [-0.2, -0.15) is 10.7 Å². The molecule has 1 aromatic rings. The van der Waals surface area contributed by atoms with Crippen molar-refractivity contribution in [1.29, 1.82) is 5.26 Å². The van der Waals surface area contributed by atoms with Crippen LogP contribution in [0.2, 0.25) is 0 Å². The van der Waals surface area contributed by atoms with Crippen molar-refractivity contribution in [3.63, 3.8) is 0 Å². The molecule has 0 amide bonds. The highest BCUT2D eigenvalue weighted by Crippen LogP contribution is 2.13. The maximum absolute atomic E-state index is 8.89. The lowest BCUT2D eigenvalue weighted by molar-refractivity contribution is -0.0758. The van der Waals surface area contributed by atoms with Crippen molar-refractivity contribution in [1.82, 2.24) is 10.0 Å². The Hall–Kier alpha value is -1.31. The minimum absolute atomic E-state index is 0.208. The molecule has 4 nitrogen and oxygen atoms in total. The monoisotopic (exact) mass is 221 g/mol. The summed E-state index contributed by atoms with van der Waals surface area (Å²) in [6.45, 7) is 8.56. The highest BCUT2D eigenvalue weighted by molar-refractivity contribution is 5.33. The van der Waals surface area contributed by atoms with E-state index >= 15 is 0 Å². The van der Waals surface area contributed by atoms with Gasteiger partial charge in [-0.15, -0.1) is 0 Å². The molecule has 1 N–H and O–H groups in total. The number of hydrogen-bond acceptors (Lipinski definition) is 3. The van der Waals surface area contributed by atoms with E-state index in [1.54, 1.807) is 0 Å². The molecule has 1 rings (SSSR count). The fourth-order valence-corrected chi connectivity index (χ4v) is 1.38. The highest BCUT2D eigenvalue weighted by atomic mass is 16.7. The zero-order valence-electron chi connectivity index (χ0n) is 10.6. The van der Waals surface area contributed by atoms with Crippen molar-refractivity contribution in [3.05, 3.63) is 23.0 Å². The average Bonchev–Trinajstić information content (AvgIpc) is 2.44. The smallest absolute Gasteiger partial charge is 0.120 e. The number of rotatable bonds is 3. The van der Waals surface area contributed by atoms with E-state index in [2.05, 4.69) is 11.5 Å². The third kappa shape index (κ3) is 3.09. The topological polar surface area (TPSA) is 50.0 Å². The molecule has 0 saturated heterocycles. The fourth-order valence-electron chi connectivity index (χ4n) is 1.38. The average molecular weight is 221 g/mol. The molecule has 0 fully saturated rings. The summed E-state index contributed by atoms with van der Waals surface area (Å²) in [5, 5.41) is 8.89. The van der Waals surface area contributed by atoms with Crippen LogP contribution in [-0.4, -0.2) is 10.2 Å². The summed E-state index contributed by atoms with van der Waals surface area (Å²) in [6.07, 6.45) is 0. The second-order valence-electron chi connectivity index (χ2n) is 4.85. The van der Waals surface area contributed by atoms with E-state index in [-0.39, 0.29) is 5.60 Å². The van der Waals surface area contributed by atoms with E-state index in [9.17, 15) is 0 Å². The minimum atomic E-state index is -0.208. The van der Waals surface area contributed by atoms with Gasteiger partial charge in [0.15, 0.2) is 0 Å². The number of aromatic nitrogens is 1. The Labute approximate surface area is 96.8 Å². The first-order valence-corrected chi connectivity index (χ1v) is 5.31. The van der Waals surface area contributed by atoms with Crippen molar-refractivity contribution < 1.29 is 4.84 Å². The summed E-state index contributed by atoms with van der Waals surface area (Å²) in [7, 11) is 1.89. The number of nitrogens with one attached hydrogen (secondary N) is 1. The third-order valence-electron chi connectivity index (χ3n) is 2.40. The molecule has 0 aromatic carbocycles. The van der Waals surface area contributed by atoms with Gasteiger partial charge in [-0.1, -0.05) is 0 Å². The number of nitriles is 1. The quantitative estimate of drug-likeness (QED) is 0.794. The number of hydroxylamine groups is 1. The second-order valence-corrected chi connectivity index (χ2v) is 4.85. The van der Waals surface area contributed by atoms with Gasteiger partial charge in [-0.3, -0.25) is 4.84 Å². The van der Waals surface area contributed by atoms with Gasteiger partial charge in [-0.05, 0) is 39.3 Å². The lowest BCUT2D eigenvalue weighted by Gasteiger charge is -2.19. The Kier molecular flexibility index (Phi) is 3.74. The second kappa shape index (κ2) is 4.69. The van der Waals surface area contributed by atoms with Crippen LogP contribution >= 0.6 is 0 Å². The SMILES string of the molecule is Cc1c(CNOC(C)(C)C)cc(C#N)n1C. The van der Waals surface area contributed by atoms with Crippen LogP contribution in [0, 0.1) is 18.3 Å². The minimum Gasteiger partial charge on any atom is -0.340 e. The van der Waals surface area contributed by atoms with E-state index in [0.717, 1.165) is 11.3 Å². The molecule has 0 aliphatic carbocycles. The van der Waals surface area contributed by atoms with Gasteiger partial charge >= 0.3 is 0 Å². The molecule has 0 bridgehead atoms. The Morgan fingerprint density at radius 1 is 1.50 bits per heavy atom. The van der Waals surface area contributed by atoms with Crippen LogP contribution in [0.1, 0.15) is 37.7 Å². The third-order valence-corrected chi connectivity index (χ3v) is 2.40. The van der Waals surface area contributed by atoms with Crippen LogP contribution in [0.25, 0.3) is 0 Å². The maximum Gasteiger partial charge on any atom is 0.120 e. The maximum atomic E-state index is 8.89. The van der Waals surface area contributed by atoms with Crippen LogP contribution in [0.5, 0.6) is 0 Å². The fraction of sp³-hybridized carbons (Fsp3) is 0.583. The van der Waals surface area contributed by atoms with Crippen molar-refractivity contribution in [2.75, 3.05) is 0 Å².